The number of benzene rings is 1. The fourth-order valence-electron chi connectivity index (χ4n) is 2.12. The van der Waals surface area contributed by atoms with Crippen LogP contribution < -0.4 is 5.32 Å². The Labute approximate surface area is 137 Å². The second-order valence-electron chi connectivity index (χ2n) is 5.34. The Balaban J connectivity index is 2.11. The van der Waals surface area contributed by atoms with Crippen LogP contribution in [0.25, 0.3) is 0 Å². The Hall–Kier alpha value is -3.23. The molecule has 0 aliphatic heterocycles. The number of nitrogens with zero attached hydrogens (tertiary/aromatic N) is 3. The third kappa shape index (κ3) is 3.94. The number of amides is 1. The lowest BCUT2D eigenvalue weighted by Gasteiger charge is -2.16. The number of aromatic nitrogens is 2. The molecule has 1 unspecified atom stereocenters. The van der Waals surface area contributed by atoms with Gasteiger partial charge in [0.05, 0.1) is 4.92 Å². The molecule has 2 aromatic rings. The first-order valence-electron chi connectivity index (χ1n) is 7.04. The highest BCUT2D eigenvalue weighted by Crippen LogP contribution is 2.18. The van der Waals surface area contributed by atoms with Crippen molar-refractivity contribution in [2.24, 2.45) is 0 Å². The van der Waals surface area contributed by atoms with Crippen LogP contribution in [0.15, 0.2) is 30.6 Å². The van der Waals surface area contributed by atoms with E-state index in [1.165, 1.54) is 0 Å². The van der Waals surface area contributed by atoms with Gasteiger partial charge in [-0.25, -0.2) is 4.79 Å². The molecule has 0 spiro atoms. The summed E-state index contributed by atoms with van der Waals surface area (Å²) in [6.45, 7) is 3.43. The van der Waals surface area contributed by atoms with Crippen LogP contribution >= 0.6 is 0 Å². The predicted molar refractivity (Wildman–Crippen MR) is 83.3 cm³/mol. The zero-order valence-electron chi connectivity index (χ0n) is 13.1. The summed E-state index contributed by atoms with van der Waals surface area (Å²) in [5.41, 5.74) is 2.13. The van der Waals surface area contributed by atoms with E-state index in [4.69, 9.17) is 0 Å². The van der Waals surface area contributed by atoms with Crippen molar-refractivity contribution in [1.29, 1.82) is 0 Å². The monoisotopic (exact) mass is 332 g/mol. The molecule has 0 saturated carbocycles. The summed E-state index contributed by atoms with van der Waals surface area (Å²) in [6, 6.07) is 3.92. The summed E-state index contributed by atoms with van der Waals surface area (Å²) in [6.07, 6.45) is 2.12. The van der Waals surface area contributed by atoms with Gasteiger partial charge in [-0.1, -0.05) is 18.2 Å². The summed E-state index contributed by atoms with van der Waals surface area (Å²) in [4.78, 5) is 33.4. The number of hydrogen-bond donors (Lipinski definition) is 2. The van der Waals surface area contributed by atoms with Crippen LogP contribution in [0.1, 0.15) is 22.7 Å². The van der Waals surface area contributed by atoms with Gasteiger partial charge in [-0.3, -0.25) is 19.6 Å². The van der Waals surface area contributed by atoms with Gasteiger partial charge in [-0.15, -0.1) is 0 Å². The molecule has 0 aliphatic rings. The van der Waals surface area contributed by atoms with Gasteiger partial charge >= 0.3 is 11.7 Å². The molecule has 24 heavy (non-hydrogen) atoms. The molecule has 1 aromatic carbocycles. The van der Waals surface area contributed by atoms with Crippen LogP contribution in [-0.4, -0.2) is 31.7 Å². The number of carboxylic acid groups (broad SMARTS) is 1. The molecule has 1 amide bonds. The summed E-state index contributed by atoms with van der Waals surface area (Å²) >= 11 is 0. The van der Waals surface area contributed by atoms with Crippen LogP contribution in [0.2, 0.25) is 0 Å². The van der Waals surface area contributed by atoms with Crippen molar-refractivity contribution in [2.75, 3.05) is 0 Å². The fraction of sp³-hybridized carbons (Fsp3) is 0.267. The highest BCUT2D eigenvalue weighted by Gasteiger charge is 2.23. The lowest BCUT2D eigenvalue weighted by Crippen LogP contribution is -2.36. The van der Waals surface area contributed by atoms with E-state index in [1.807, 2.05) is 13.8 Å². The van der Waals surface area contributed by atoms with Crippen molar-refractivity contribution in [3.63, 3.8) is 0 Å². The quantitative estimate of drug-likeness (QED) is 0.607. The van der Waals surface area contributed by atoms with E-state index in [1.54, 1.807) is 18.2 Å². The Morgan fingerprint density at radius 3 is 2.62 bits per heavy atom. The molecule has 2 rings (SSSR count). The molecule has 0 saturated heterocycles. The van der Waals surface area contributed by atoms with Crippen LogP contribution in [-0.2, 0) is 16.1 Å². The first-order valence-corrected chi connectivity index (χ1v) is 7.04. The average molecular weight is 332 g/mol. The number of nitro groups is 1. The molecule has 1 atom stereocenters. The Morgan fingerprint density at radius 1 is 1.38 bits per heavy atom. The van der Waals surface area contributed by atoms with E-state index in [0.717, 1.165) is 28.2 Å². The summed E-state index contributed by atoms with van der Waals surface area (Å²) < 4.78 is 1.08. The van der Waals surface area contributed by atoms with Crippen molar-refractivity contribution in [2.45, 2.75) is 26.4 Å². The van der Waals surface area contributed by atoms with Gasteiger partial charge in [-0.05, 0) is 30.5 Å². The lowest BCUT2D eigenvalue weighted by atomic mass is 10.0. The topological polar surface area (TPSA) is 127 Å². The molecule has 126 valence electrons. The second-order valence-corrected chi connectivity index (χ2v) is 5.34. The van der Waals surface area contributed by atoms with Gasteiger partial charge in [0.15, 0.2) is 6.04 Å². The maximum Gasteiger partial charge on any atom is 0.330 e. The third-order valence-corrected chi connectivity index (χ3v) is 3.55. The van der Waals surface area contributed by atoms with Crippen LogP contribution in [0.5, 0.6) is 0 Å². The van der Waals surface area contributed by atoms with E-state index in [9.17, 15) is 24.8 Å². The molecule has 0 fully saturated rings. The van der Waals surface area contributed by atoms with Gasteiger partial charge in [0.25, 0.3) is 0 Å². The normalized spacial score (nSPS) is 11.8. The van der Waals surface area contributed by atoms with Crippen molar-refractivity contribution < 1.29 is 19.6 Å². The standard InChI is InChI=1S/C15H16N4O5/c1-9-3-4-11(5-10(9)2)14(15(21)22)17-13(20)8-18-7-12(6-16-18)19(23)24/h3-7,14H,8H2,1-2H3,(H,17,20)(H,21,22). The minimum atomic E-state index is -1.21. The average Bonchev–Trinajstić information content (AvgIpc) is 2.96. The number of carboxylic acids is 1. The molecule has 9 nitrogen and oxygen atoms in total. The van der Waals surface area contributed by atoms with Crippen LogP contribution in [0, 0.1) is 24.0 Å². The smallest absolute Gasteiger partial charge is 0.330 e. The first-order chi connectivity index (χ1) is 11.3. The Bertz CT molecular complexity index is 799. The number of hydrogen-bond acceptors (Lipinski definition) is 5. The maximum absolute atomic E-state index is 12.0. The minimum absolute atomic E-state index is 0.244. The minimum Gasteiger partial charge on any atom is -0.479 e. The van der Waals surface area contributed by atoms with E-state index < -0.39 is 22.8 Å². The molecular formula is C15H16N4O5. The largest absolute Gasteiger partial charge is 0.479 e. The number of rotatable bonds is 6. The highest BCUT2D eigenvalue weighted by molar-refractivity contribution is 5.84. The molecular weight excluding hydrogens is 316 g/mol. The van der Waals surface area contributed by atoms with Crippen LogP contribution in [0.3, 0.4) is 0 Å². The number of aliphatic carboxylic acids is 1. The summed E-state index contributed by atoms with van der Waals surface area (Å²) in [5.74, 6) is -1.81. The van der Waals surface area contributed by atoms with Crippen molar-refractivity contribution in [3.05, 3.63) is 57.4 Å². The van der Waals surface area contributed by atoms with Gasteiger partial charge in [0.2, 0.25) is 5.91 Å². The summed E-state index contributed by atoms with van der Waals surface area (Å²) in [5, 5.41) is 26.0. The van der Waals surface area contributed by atoms with E-state index >= 15 is 0 Å². The lowest BCUT2D eigenvalue weighted by molar-refractivity contribution is -0.385. The van der Waals surface area contributed by atoms with E-state index in [0.29, 0.717) is 5.56 Å². The third-order valence-electron chi connectivity index (χ3n) is 3.55. The van der Waals surface area contributed by atoms with Gasteiger partial charge < -0.3 is 10.4 Å². The SMILES string of the molecule is Cc1ccc(C(NC(=O)Cn2cc([N+](=O)[O-])cn2)C(=O)O)cc1C. The fourth-order valence-corrected chi connectivity index (χ4v) is 2.12. The second kappa shape index (κ2) is 6.90. The number of aryl methyl sites for hydroxylation is 2. The van der Waals surface area contributed by atoms with Crippen molar-refractivity contribution >= 4 is 17.6 Å². The Kier molecular flexibility index (Phi) is 4.93. The molecule has 0 bridgehead atoms. The van der Waals surface area contributed by atoms with E-state index in [2.05, 4.69) is 10.4 Å². The summed E-state index contributed by atoms with van der Waals surface area (Å²) in [7, 11) is 0. The Morgan fingerprint density at radius 2 is 2.08 bits per heavy atom. The molecule has 2 N–H and O–H groups in total. The van der Waals surface area contributed by atoms with Crippen molar-refractivity contribution in [3.8, 4) is 0 Å². The first kappa shape index (κ1) is 17.1. The maximum atomic E-state index is 12.0. The molecule has 1 aromatic heterocycles. The van der Waals surface area contributed by atoms with Gasteiger partial charge in [0, 0.05) is 0 Å². The van der Waals surface area contributed by atoms with E-state index in [-0.39, 0.29) is 12.2 Å². The molecule has 9 heteroatoms. The van der Waals surface area contributed by atoms with Crippen LogP contribution in [0.4, 0.5) is 5.69 Å². The molecule has 0 aliphatic carbocycles. The zero-order valence-corrected chi connectivity index (χ0v) is 13.1. The predicted octanol–water partition coefficient (Wildman–Crippen LogP) is 1.35. The van der Waals surface area contributed by atoms with Crippen molar-refractivity contribution in [1.82, 2.24) is 15.1 Å². The zero-order chi connectivity index (χ0) is 17.9. The highest BCUT2D eigenvalue weighted by atomic mass is 16.6. The van der Waals surface area contributed by atoms with Gasteiger partial charge in [-0.2, -0.15) is 5.10 Å². The molecule has 0 radical (unpaired) electrons. The van der Waals surface area contributed by atoms with Gasteiger partial charge in [0.1, 0.15) is 18.9 Å². The number of carbonyl (C=O) groups excluding carboxylic acids is 1. The molecule has 1 heterocycles. The number of nitrogens with one attached hydrogen (secondary N) is 1. The number of carbonyl (C=O) groups is 2.